The molecule has 156 valence electrons. The number of carbonyl (C=O) groups excluding carboxylic acids is 1. The Balaban J connectivity index is 1.60. The van der Waals surface area contributed by atoms with Crippen molar-refractivity contribution in [3.05, 3.63) is 42.5 Å². The molecule has 0 unspecified atom stereocenters. The predicted molar refractivity (Wildman–Crippen MR) is 105 cm³/mol. The summed E-state index contributed by atoms with van der Waals surface area (Å²) in [6.45, 7) is 1.21. The van der Waals surface area contributed by atoms with E-state index in [-0.39, 0.29) is 29.6 Å². The molecule has 0 saturated carbocycles. The molecule has 0 bridgehead atoms. The van der Waals surface area contributed by atoms with Crippen molar-refractivity contribution in [1.82, 2.24) is 4.72 Å². The van der Waals surface area contributed by atoms with Crippen LogP contribution >= 0.6 is 0 Å². The van der Waals surface area contributed by atoms with Gasteiger partial charge in [0.25, 0.3) is 5.91 Å². The number of sulfonamides is 1. The van der Waals surface area contributed by atoms with Crippen molar-refractivity contribution >= 4 is 21.6 Å². The Bertz CT molecular complexity index is 994. The summed E-state index contributed by atoms with van der Waals surface area (Å²) in [6, 6.07) is 11.1. The van der Waals surface area contributed by atoms with Gasteiger partial charge in [0.1, 0.15) is 18.5 Å². The van der Waals surface area contributed by atoms with Crippen molar-refractivity contribution in [2.75, 3.05) is 25.6 Å². The van der Waals surface area contributed by atoms with Crippen molar-refractivity contribution < 1.29 is 32.5 Å². The van der Waals surface area contributed by atoms with Crippen molar-refractivity contribution in [2.24, 2.45) is 0 Å². The van der Waals surface area contributed by atoms with Crippen molar-refractivity contribution in [3.63, 3.8) is 0 Å². The van der Waals surface area contributed by atoms with E-state index >= 15 is 0 Å². The molecule has 2 aromatic rings. The first-order valence-electron chi connectivity index (χ1n) is 8.85. The number of hydrogen-bond acceptors (Lipinski definition) is 7. The zero-order chi connectivity index (χ0) is 21.0. The third-order valence-electron chi connectivity index (χ3n) is 4.20. The van der Waals surface area contributed by atoms with Gasteiger partial charge in [-0.15, -0.1) is 0 Å². The van der Waals surface area contributed by atoms with Crippen molar-refractivity contribution in [2.45, 2.75) is 24.0 Å². The third-order valence-corrected chi connectivity index (χ3v) is 5.62. The molecule has 3 rings (SSSR count). The standard InChI is InChI=1S/C19H22N2O7S/c1-12-19(23)21-15-9-14(7-8-16(15)28-12)29(24,25)20-10-13(22)11-27-18-6-4-3-5-17(18)26-2/h3-9,12-13,20,22H,10-11H2,1-2H3,(H,21,23)/t12-,13+/m0/s1. The van der Waals surface area contributed by atoms with Gasteiger partial charge in [-0.3, -0.25) is 4.79 Å². The van der Waals surface area contributed by atoms with Gasteiger partial charge in [-0.2, -0.15) is 0 Å². The quantitative estimate of drug-likeness (QED) is 0.583. The summed E-state index contributed by atoms with van der Waals surface area (Å²) in [7, 11) is -2.41. The topological polar surface area (TPSA) is 123 Å². The van der Waals surface area contributed by atoms with Crippen LogP contribution in [-0.4, -0.2) is 51.9 Å². The molecular formula is C19H22N2O7S. The highest BCUT2D eigenvalue weighted by atomic mass is 32.2. The number of hydrogen-bond donors (Lipinski definition) is 3. The molecule has 1 aliphatic rings. The molecule has 9 nitrogen and oxygen atoms in total. The number of amides is 1. The van der Waals surface area contributed by atoms with Crippen LogP contribution in [0.25, 0.3) is 0 Å². The molecular weight excluding hydrogens is 400 g/mol. The SMILES string of the molecule is COc1ccccc1OC[C@H](O)CNS(=O)(=O)c1ccc2c(c1)NC(=O)[C@H](C)O2. The van der Waals surface area contributed by atoms with Gasteiger partial charge in [-0.05, 0) is 37.3 Å². The molecule has 0 radical (unpaired) electrons. The number of aliphatic hydroxyl groups excluding tert-OH is 1. The zero-order valence-corrected chi connectivity index (χ0v) is 16.7. The Hall–Kier alpha value is -2.82. The highest BCUT2D eigenvalue weighted by Gasteiger charge is 2.26. The van der Waals surface area contributed by atoms with Gasteiger partial charge in [0.05, 0.1) is 17.7 Å². The molecule has 0 saturated heterocycles. The summed E-state index contributed by atoms with van der Waals surface area (Å²) in [6.07, 6.45) is -1.74. The Kier molecular flexibility index (Phi) is 6.26. The first kappa shape index (κ1) is 20.9. The average molecular weight is 422 g/mol. The number of carbonyl (C=O) groups is 1. The summed E-state index contributed by atoms with van der Waals surface area (Å²) >= 11 is 0. The number of fused-ring (bicyclic) bond motifs is 1. The minimum Gasteiger partial charge on any atom is -0.493 e. The molecule has 3 N–H and O–H groups in total. The Morgan fingerprint density at radius 1 is 1.24 bits per heavy atom. The third kappa shape index (κ3) is 4.97. The molecule has 0 aromatic heterocycles. The van der Waals surface area contributed by atoms with Gasteiger partial charge in [-0.25, -0.2) is 13.1 Å². The second kappa shape index (κ2) is 8.68. The Morgan fingerprint density at radius 3 is 2.69 bits per heavy atom. The number of methoxy groups -OCH3 is 1. The molecule has 0 aliphatic carbocycles. The van der Waals surface area contributed by atoms with Gasteiger partial charge in [0.15, 0.2) is 17.6 Å². The molecule has 10 heteroatoms. The molecule has 1 amide bonds. The fourth-order valence-corrected chi connectivity index (χ4v) is 3.73. The average Bonchev–Trinajstić information content (AvgIpc) is 2.71. The van der Waals surface area contributed by atoms with E-state index in [1.165, 1.54) is 25.3 Å². The summed E-state index contributed by atoms with van der Waals surface area (Å²) in [4.78, 5) is 11.6. The lowest BCUT2D eigenvalue weighted by atomic mass is 10.2. The van der Waals surface area contributed by atoms with Crippen LogP contribution in [0.15, 0.2) is 47.4 Å². The van der Waals surface area contributed by atoms with E-state index in [2.05, 4.69) is 10.0 Å². The molecule has 1 aliphatic heterocycles. The summed E-state index contributed by atoms with van der Waals surface area (Å²) in [5.41, 5.74) is 0.274. The molecule has 2 aromatic carbocycles. The number of aliphatic hydroxyl groups is 1. The first-order chi connectivity index (χ1) is 13.8. The smallest absolute Gasteiger partial charge is 0.265 e. The van der Waals surface area contributed by atoms with Gasteiger partial charge in [0, 0.05) is 6.54 Å². The van der Waals surface area contributed by atoms with Gasteiger partial charge in [0.2, 0.25) is 10.0 Å². The van der Waals surface area contributed by atoms with Crippen molar-refractivity contribution in [1.29, 1.82) is 0 Å². The van der Waals surface area contributed by atoms with E-state index in [1.54, 1.807) is 31.2 Å². The van der Waals surface area contributed by atoms with Crippen LogP contribution < -0.4 is 24.2 Å². The maximum Gasteiger partial charge on any atom is 0.265 e. The van der Waals surface area contributed by atoms with E-state index < -0.39 is 22.2 Å². The van der Waals surface area contributed by atoms with Gasteiger partial charge >= 0.3 is 0 Å². The maximum atomic E-state index is 12.5. The van der Waals surface area contributed by atoms with Gasteiger partial charge < -0.3 is 24.6 Å². The molecule has 2 atom stereocenters. The lowest BCUT2D eigenvalue weighted by Crippen LogP contribution is -2.36. The second-order valence-electron chi connectivity index (χ2n) is 6.37. The number of anilines is 1. The number of para-hydroxylation sites is 2. The number of nitrogens with one attached hydrogen (secondary N) is 2. The molecule has 0 fully saturated rings. The fraction of sp³-hybridized carbons (Fsp3) is 0.316. The molecule has 1 heterocycles. The maximum absolute atomic E-state index is 12.5. The van der Waals surface area contributed by atoms with E-state index in [4.69, 9.17) is 14.2 Å². The monoisotopic (exact) mass is 422 g/mol. The highest BCUT2D eigenvalue weighted by molar-refractivity contribution is 7.89. The summed E-state index contributed by atoms with van der Waals surface area (Å²) in [5.74, 6) is 0.981. The second-order valence-corrected chi connectivity index (χ2v) is 8.14. The van der Waals surface area contributed by atoms with Crippen molar-refractivity contribution in [3.8, 4) is 17.2 Å². The first-order valence-corrected chi connectivity index (χ1v) is 10.3. The largest absolute Gasteiger partial charge is 0.493 e. The minimum atomic E-state index is -3.91. The van der Waals surface area contributed by atoms with E-state index in [1.807, 2.05) is 0 Å². The van der Waals surface area contributed by atoms with E-state index in [0.717, 1.165) is 0 Å². The normalized spacial score (nSPS) is 16.9. The highest BCUT2D eigenvalue weighted by Crippen LogP contribution is 2.31. The number of ether oxygens (including phenoxy) is 3. The van der Waals surface area contributed by atoms with Crippen LogP contribution in [0.3, 0.4) is 0 Å². The lowest BCUT2D eigenvalue weighted by molar-refractivity contribution is -0.122. The van der Waals surface area contributed by atoms with Crippen LogP contribution in [0.4, 0.5) is 5.69 Å². The van der Waals surface area contributed by atoms with E-state index in [0.29, 0.717) is 17.2 Å². The lowest BCUT2D eigenvalue weighted by Gasteiger charge is -2.23. The Labute approximate surface area is 168 Å². The molecule has 29 heavy (non-hydrogen) atoms. The predicted octanol–water partition coefficient (Wildman–Crippen LogP) is 1.13. The van der Waals surface area contributed by atoms with E-state index in [9.17, 15) is 18.3 Å². The van der Waals surface area contributed by atoms with Crippen LogP contribution in [0.1, 0.15) is 6.92 Å². The van der Waals surface area contributed by atoms with Crippen LogP contribution in [0.5, 0.6) is 17.2 Å². The van der Waals surface area contributed by atoms with Gasteiger partial charge in [-0.1, -0.05) is 12.1 Å². The van der Waals surface area contributed by atoms with Crippen LogP contribution in [0.2, 0.25) is 0 Å². The Morgan fingerprint density at radius 2 is 1.97 bits per heavy atom. The summed E-state index contributed by atoms with van der Waals surface area (Å²) < 4.78 is 43.4. The minimum absolute atomic E-state index is 0.0625. The van der Waals surface area contributed by atoms with Crippen LogP contribution in [-0.2, 0) is 14.8 Å². The molecule has 0 spiro atoms. The fourth-order valence-electron chi connectivity index (χ4n) is 2.63. The zero-order valence-electron chi connectivity index (χ0n) is 15.9. The number of rotatable bonds is 8. The number of benzene rings is 2. The van der Waals surface area contributed by atoms with Crippen LogP contribution in [0, 0.1) is 0 Å². The summed E-state index contributed by atoms with van der Waals surface area (Å²) in [5, 5.41) is 12.7.